The lowest BCUT2D eigenvalue weighted by atomic mass is 10.0. The first-order valence-corrected chi connectivity index (χ1v) is 6.22. The van der Waals surface area contributed by atoms with E-state index in [1.807, 2.05) is 12.1 Å². The number of aryl methyl sites for hydroxylation is 1. The normalized spacial score (nSPS) is 13.2. The topological polar surface area (TPSA) is 33.1 Å². The van der Waals surface area contributed by atoms with Gasteiger partial charge in [0.1, 0.15) is 0 Å². The summed E-state index contributed by atoms with van der Waals surface area (Å²) in [5.41, 5.74) is 0.616. The standard InChI is InChI=1S/C15H14F3NO/c16-15(17,18)12-6-4-11(5-7-12)14(20)9-8-13-3-1-2-10-19-13/h1-7,10,14,20H,8-9H2/t14-/m1/s1. The van der Waals surface area contributed by atoms with E-state index in [4.69, 9.17) is 0 Å². The van der Waals surface area contributed by atoms with Crippen LogP contribution >= 0.6 is 0 Å². The van der Waals surface area contributed by atoms with E-state index in [0.29, 0.717) is 18.4 Å². The third-order valence-corrected chi connectivity index (χ3v) is 3.02. The van der Waals surface area contributed by atoms with Gasteiger partial charge in [-0.05, 0) is 42.7 Å². The number of aliphatic hydroxyl groups excluding tert-OH is 1. The summed E-state index contributed by atoms with van der Waals surface area (Å²) < 4.78 is 37.3. The molecule has 1 aromatic heterocycles. The van der Waals surface area contributed by atoms with Gasteiger partial charge in [-0.25, -0.2) is 0 Å². The SMILES string of the molecule is O[C@H](CCc1ccccn1)c1ccc(C(F)(F)F)cc1. The van der Waals surface area contributed by atoms with Crippen molar-refractivity contribution in [1.29, 1.82) is 0 Å². The molecule has 5 heteroatoms. The largest absolute Gasteiger partial charge is 0.416 e. The summed E-state index contributed by atoms with van der Waals surface area (Å²) in [6.07, 6.45) is -2.48. The molecule has 0 fully saturated rings. The van der Waals surface area contributed by atoms with Gasteiger partial charge in [-0.3, -0.25) is 4.98 Å². The summed E-state index contributed by atoms with van der Waals surface area (Å²) in [6, 6.07) is 10.1. The van der Waals surface area contributed by atoms with Crippen molar-refractivity contribution in [2.45, 2.75) is 25.1 Å². The molecule has 0 saturated carbocycles. The molecule has 1 heterocycles. The second-order valence-corrected chi connectivity index (χ2v) is 4.50. The molecule has 0 bridgehead atoms. The van der Waals surface area contributed by atoms with Crippen LogP contribution in [-0.4, -0.2) is 10.1 Å². The Morgan fingerprint density at radius 3 is 2.30 bits per heavy atom. The average Bonchev–Trinajstić information content (AvgIpc) is 2.45. The summed E-state index contributed by atoms with van der Waals surface area (Å²) in [5, 5.41) is 9.97. The van der Waals surface area contributed by atoms with E-state index in [0.717, 1.165) is 17.8 Å². The van der Waals surface area contributed by atoms with E-state index in [1.54, 1.807) is 12.3 Å². The van der Waals surface area contributed by atoms with E-state index in [1.165, 1.54) is 12.1 Å². The van der Waals surface area contributed by atoms with Crippen molar-refractivity contribution in [3.05, 3.63) is 65.5 Å². The number of pyridine rings is 1. The number of hydrogen-bond donors (Lipinski definition) is 1. The zero-order chi connectivity index (χ0) is 14.6. The molecule has 0 spiro atoms. The van der Waals surface area contributed by atoms with E-state index in [2.05, 4.69) is 4.98 Å². The molecule has 1 atom stereocenters. The second-order valence-electron chi connectivity index (χ2n) is 4.50. The first kappa shape index (κ1) is 14.5. The molecule has 0 saturated heterocycles. The Bertz CT molecular complexity index is 537. The average molecular weight is 281 g/mol. The maximum absolute atomic E-state index is 12.4. The summed E-state index contributed by atoms with van der Waals surface area (Å²) in [5.74, 6) is 0. The highest BCUT2D eigenvalue weighted by Crippen LogP contribution is 2.30. The number of hydrogen-bond acceptors (Lipinski definition) is 2. The van der Waals surface area contributed by atoms with Gasteiger partial charge in [0, 0.05) is 11.9 Å². The molecule has 1 aromatic carbocycles. The maximum atomic E-state index is 12.4. The third-order valence-electron chi connectivity index (χ3n) is 3.02. The maximum Gasteiger partial charge on any atom is 0.416 e. The summed E-state index contributed by atoms with van der Waals surface area (Å²) in [6.45, 7) is 0. The van der Waals surface area contributed by atoms with Crippen molar-refractivity contribution in [1.82, 2.24) is 4.98 Å². The van der Waals surface area contributed by atoms with Gasteiger partial charge in [0.2, 0.25) is 0 Å². The molecule has 2 rings (SSSR count). The van der Waals surface area contributed by atoms with Crippen LogP contribution in [0.4, 0.5) is 13.2 Å². The van der Waals surface area contributed by atoms with E-state index in [9.17, 15) is 18.3 Å². The molecule has 2 nitrogen and oxygen atoms in total. The number of alkyl halides is 3. The second kappa shape index (κ2) is 6.05. The molecule has 106 valence electrons. The molecule has 2 aromatic rings. The van der Waals surface area contributed by atoms with Crippen LogP contribution in [0.3, 0.4) is 0 Å². The molecule has 0 aliphatic rings. The Hall–Kier alpha value is -1.88. The zero-order valence-electron chi connectivity index (χ0n) is 10.6. The van der Waals surface area contributed by atoms with Gasteiger partial charge in [-0.1, -0.05) is 18.2 Å². The Labute approximate surface area is 114 Å². The first-order chi connectivity index (χ1) is 9.47. The zero-order valence-corrected chi connectivity index (χ0v) is 10.6. The van der Waals surface area contributed by atoms with Gasteiger partial charge in [0.25, 0.3) is 0 Å². The minimum Gasteiger partial charge on any atom is -0.388 e. The monoisotopic (exact) mass is 281 g/mol. The molecule has 0 aliphatic heterocycles. The minimum atomic E-state index is -4.35. The Morgan fingerprint density at radius 2 is 1.75 bits per heavy atom. The van der Waals surface area contributed by atoms with Gasteiger partial charge in [-0.15, -0.1) is 0 Å². The van der Waals surface area contributed by atoms with Gasteiger partial charge < -0.3 is 5.11 Å². The van der Waals surface area contributed by atoms with Crippen LogP contribution in [-0.2, 0) is 12.6 Å². The van der Waals surface area contributed by atoms with Gasteiger partial charge in [0.05, 0.1) is 11.7 Å². The number of nitrogens with zero attached hydrogens (tertiary/aromatic N) is 1. The Balaban J connectivity index is 1.97. The van der Waals surface area contributed by atoms with Crippen LogP contribution in [0.5, 0.6) is 0 Å². The van der Waals surface area contributed by atoms with Gasteiger partial charge >= 0.3 is 6.18 Å². The molecule has 0 aliphatic carbocycles. The van der Waals surface area contributed by atoms with Crippen LogP contribution < -0.4 is 0 Å². The first-order valence-electron chi connectivity index (χ1n) is 6.22. The van der Waals surface area contributed by atoms with Crippen LogP contribution in [0, 0.1) is 0 Å². The number of aliphatic hydroxyl groups is 1. The van der Waals surface area contributed by atoms with E-state index >= 15 is 0 Å². The number of halogens is 3. The van der Waals surface area contributed by atoms with E-state index < -0.39 is 17.8 Å². The molecular weight excluding hydrogens is 267 g/mol. The van der Waals surface area contributed by atoms with Crippen LogP contribution in [0.1, 0.15) is 29.3 Å². The minimum absolute atomic E-state index is 0.419. The number of rotatable bonds is 4. The fourth-order valence-corrected chi connectivity index (χ4v) is 1.89. The highest BCUT2D eigenvalue weighted by atomic mass is 19.4. The Kier molecular flexibility index (Phi) is 4.39. The smallest absolute Gasteiger partial charge is 0.388 e. The van der Waals surface area contributed by atoms with Crippen molar-refractivity contribution in [2.24, 2.45) is 0 Å². The van der Waals surface area contributed by atoms with Crippen molar-refractivity contribution in [3.8, 4) is 0 Å². The lowest BCUT2D eigenvalue weighted by Crippen LogP contribution is -2.06. The Morgan fingerprint density at radius 1 is 1.05 bits per heavy atom. The number of aromatic nitrogens is 1. The predicted octanol–water partition coefficient (Wildman–Crippen LogP) is 3.77. The third kappa shape index (κ3) is 3.81. The predicted molar refractivity (Wildman–Crippen MR) is 69.0 cm³/mol. The van der Waals surface area contributed by atoms with Crippen molar-refractivity contribution in [3.63, 3.8) is 0 Å². The molecule has 0 radical (unpaired) electrons. The highest BCUT2D eigenvalue weighted by molar-refractivity contribution is 5.26. The number of benzene rings is 1. The van der Waals surface area contributed by atoms with Crippen LogP contribution in [0.2, 0.25) is 0 Å². The van der Waals surface area contributed by atoms with E-state index in [-0.39, 0.29) is 0 Å². The summed E-state index contributed by atoms with van der Waals surface area (Å²) in [4.78, 5) is 4.13. The molecule has 20 heavy (non-hydrogen) atoms. The fraction of sp³-hybridized carbons (Fsp3) is 0.267. The lowest BCUT2D eigenvalue weighted by molar-refractivity contribution is -0.137. The summed E-state index contributed by atoms with van der Waals surface area (Å²) >= 11 is 0. The lowest BCUT2D eigenvalue weighted by Gasteiger charge is -2.12. The van der Waals surface area contributed by atoms with Crippen molar-refractivity contribution < 1.29 is 18.3 Å². The fourth-order valence-electron chi connectivity index (χ4n) is 1.89. The van der Waals surface area contributed by atoms with Crippen LogP contribution in [0.25, 0.3) is 0 Å². The highest BCUT2D eigenvalue weighted by Gasteiger charge is 2.30. The van der Waals surface area contributed by atoms with Crippen molar-refractivity contribution in [2.75, 3.05) is 0 Å². The van der Waals surface area contributed by atoms with Gasteiger partial charge in [0.15, 0.2) is 0 Å². The molecular formula is C15H14F3NO. The molecule has 0 unspecified atom stereocenters. The van der Waals surface area contributed by atoms with Gasteiger partial charge in [-0.2, -0.15) is 13.2 Å². The summed E-state index contributed by atoms with van der Waals surface area (Å²) in [7, 11) is 0. The molecule has 1 N–H and O–H groups in total. The van der Waals surface area contributed by atoms with Crippen molar-refractivity contribution >= 4 is 0 Å². The molecule has 0 amide bonds. The van der Waals surface area contributed by atoms with Crippen LogP contribution in [0.15, 0.2) is 48.7 Å². The quantitative estimate of drug-likeness (QED) is 0.925.